The topological polar surface area (TPSA) is 6.48 Å². The zero-order valence-electron chi connectivity index (χ0n) is 6.14. The zero-order chi connectivity index (χ0) is 6.69. The predicted molar refractivity (Wildman–Crippen MR) is 39.0 cm³/mol. The Labute approximate surface area is 57.4 Å². The van der Waals surface area contributed by atoms with E-state index in [2.05, 4.69) is 23.8 Å². The molecule has 0 spiro atoms. The number of hydrogen-bond donors (Lipinski definition) is 0. The van der Waals surface area contributed by atoms with Gasteiger partial charge in [0.1, 0.15) is 0 Å². The minimum absolute atomic E-state index is 1.13. The number of hydrogen-bond acceptors (Lipinski definition) is 2. The van der Waals surface area contributed by atoms with Crippen LogP contribution in [0.1, 0.15) is 6.92 Å². The van der Waals surface area contributed by atoms with Gasteiger partial charge in [-0.25, -0.2) is 0 Å². The molecule has 1 radical (unpaired) electrons. The van der Waals surface area contributed by atoms with Crippen LogP contribution in [0.2, 0.25) is 0 Å². The van der Waals surface area contributed by atoms with Crippen molar-refractivity contribution in [2.45, 2.75) is 6.92 Å². The minimum Gasteiger partial charge on any atom is -0.301 e. The first-order chi connectivity index (χ1) is 4.33. The first kappa shape index (κ1) is 7.03. The highest BCUT2D eigenvalue weighted by molar-refractivity contribution is 4.69. The molecule has 0 amide bonds. The maximum atomic E-state index is 3.87. The Bertz CT molecular complexity index is 75.0. The van der Waals surface area contributed by atoms with Gasteiger partial charge in [0.2, 0.25) is 0 Å². The molecule has 0 saturated carbocycles. The Kier molecular flexibility index (Phi) is 2.49. The average molecular weight is 127 g/mol. The Morgan fingerprint density at radius 1 is 1.22 bits per heavy atom. The van der Waals surface area contributed by atoms with Crippen LogP contribution in [0.3, 0.4) is 0 Å². The van der Waals surface area contributed by atoms with E-state index >= 15 is 0 Å². The number of rotatable bonds is 1. The summed E-state index contributed by atoms with van der Waals surface area (Å²) in [6.45, 7) is 8.05. The minimum atomic E-state index is 1.13. The van der Waals surface area contributed by atoms with Gasteiger partial charge in [0, 0.05) is 33.2 Å². The van der Waals surface area contributed by atoms with Crippen LogP contribution in [0.4, 0.5) is 0 Å². The lowest BCUT2D eigenvalue weighted by molar-refractivity contribution is 0.173. The molecule has 1 fully saturated rings. The standard InChI is InChI=1S/C7H15N2/c1-3-9-6-4-8(2)5-7-9/h2-7H2,1H3. The molecule has 0 unspecified atom stereocenters. The fourth-order valence-electron chi connectivity index (χ4n) is 1.11. The van der Waals surface area contributed by atoms with E-state index in [0.29, 0.717) is 0 Å². The lowest BCUT2D eigenvalue weighted by atomic mass is 10.3. The maximum absolute atomic E-state index is 3.87. The largest absolute Gasteiger partial charge is 0.301 e. The van der Waals surface area contributed by atoms with Gasteiger partial charge in [0.25, 0.3) is 0 Å². The van der Waals surface area contributed by atoms with E-state index in [4.69, 9.17) is 0 Å². The molecule has 0 aromatic rings. The zero-order valence-corrected chi connectivity index (χ0v) is 6.14. The van der Waals surface area contributed by atoms with Crippen molar-refractivity contribution in [3.05, 3.63) is 7.05 Å². The van der Waals surface area contributed by atoms with Gasteiger partial charge in [0.15, 0.2) is 0 Å². The van der Waals surface area contributed by atoms with E-state index in [-0.39, 0.29) is 0 Å². The Morgan fingerprint density at radius 3 is 2.22 bits per heavy atom. The molecule has 9 heavy (non-hydrogen) atoms. The molecule has 0 bridgehead atoms. The summed E-state index contributed by atoms with van der Waals surface area (Å²) in [5.74, 6) is 0. The first-order valence-electron chi connectivity index (χ1n) is 3.60. The van der Waals surface area contributed by atoms with Crippen LogP contribution in [-0.4, -0.2) is 42.5 Å². The van der Waals surface area contributed by atoms with Crippen LogP contribution >= 0.6 is 0 Å². The van der Waals surface area contributed by atoms with Crippen molar-refractivity contribution in [1.82, 2.24) is 9.80 Å². The van der Waals surface area contributed by atoms with Crippen LogP contribution in [-0.2, 0) is 0 Å². The van der Waals surface area contributed by atoms with E-state index in [0.717, 1.165) is 13.1 Å². The summed E-state index contributed by atoms with van der Waals surface area (Å²) in [7, 11) is 3.87. The van der Waals surface area contributed by atoms with Crippen molar-refractivity contribution in [1.29, 1.82) is 0 Å². The van der Waals surface area contributed by atoms with Gasteiger partial charge in [-0.15, -0.1) is 0 Å². The van der Waals surface area contributed by atoms with Crippen molar-refractivity contribution in [2.24, 2.45) is 0 Å². The third-order valence-electron chi connectivity index (χ3n) is 1.91. The van der Waals surface area contributed by atoms with Gasteiger partial charge in [-0.2, -0.15) is 0 Å². The first-order valence-corrected chi connectivity index (χ1v) is 3.60. The molecule has 0 aromatic heterocycles. The van der Waals surface area contributed by atoms with Crippen molar-refractivity contribution in [3.63, 3.8) is 0 Å². The van der Waals surface area contributed by atoms with Crippen molar-refractivity contribution in [2.75, 3.05) is 32.7 Å². The molecule has 1 aliphatic heterocycles. The molecule has 1 rings (SSSR count). The van der Waals surface area contributed by atoms with E-state index in [1.165, 1.54) is 19.6 Å². The molecule has 2 nitrogen and oxygen atoms in total. The van der Waals surface area contributed by atoms with Crippen molar-refractivity contribution < 1.29 is 0 Å². The lowest BCUT2D eigenvalue weighted by Crippen LogP contribution is -2.43. The predicted octanol–water partition coefficient (Wildman–Crippen LogP) is 0.415. The molecule has 1 saturated heterocycles. The van der Waals surface area contributed by atoms with E-state index in [9.17, 15) is 0 Å². The highest BCUT2D eigenvalue weighted by Gasteiger charge is 2.10. The number of likely N-dealkylation sites (N-methyl/N-ethyl adjacent to an activating group) is 1. The smallest absolute Gasteiger partial charge is 0.0110 e. The van der Waals surface area contributed by atoms with Gasteiger partial charge >= 0.3 is 0 Å². The van der Waals surface area contributed by atoms with Crippen LogP contribution in [0.25, 0.3) is 0 Å². The summed E-state index contributed by atoms with van der Waals surface area (Å²) in [4.78, 5) is 4.58. The molecule has 53 valence electrons. The molecule has 0 atom stereocenters. The summed E-state index contributed by atoms with van der Waals surface area (Å²) >= 11 is 0. The fourth-order valence-corrected chi connectivity index (χ4v) is 1.11. The molecule has 2 heteroatoms. The van der Waals surface area contributed by atoms with Crippen molar-refractivity contribution in [3.8, 4) is 0 Å². The lowest BCUT2D eigenvalue weighted by Gasteiger charge is -2.31. The van der Waals surface area contributed by atoms with E-state index in [1.54, 1.807) is 0 Å². The Hall–Kier alpha value is -0.0800. The number of piperazine rings is 1. The third kappa shape index (κ3) is 1.95. The van der Waals surface area contributed by atoms with Crippen LogP contribution < -0.4 is 0 Å². The SMILES string of the molecule is [CH2]N1CCN(CC)CC1. The molecule has 0 N–H and O–H groups in total. The molecular weight excluding hydrogens is 112 g/mol. The van der Waals surface area contributed by atoms with Gasteiger partial charge < -0.3 is 4.90 Å². The third-order valence-corrected chi connectivity index (χ3v) is 1.91. The highest BCUT2D eigenvalue weighted by atomic mass is 15.2. The van der Waals surface area contributed by atoms with Crippen LogP contribution in [0, 0.1) is 7.05 Å². The molecule has 1 heterocycles. The summed E-state index contributed by atoms with van der Waals surface area (Å²) in [5, 5.41) is 0. The second-order valence-electron chi connectivity index (χ2n) is 2.55. The van der Waals surface area contributed by atoms with Gasteiger partial charge in [-0.05, 0) is 6.54 Å². The maximum Gasteiger partial charge on any atom is 0.0110 e. The molecule has 0 aromatic carbocycles. The Morgan fingerprint density at radius 2 is 1.78 bits per heavy atom. The second-order valence-corrected chi connectivity index (χ2v) is 2.55. The molecule has 1 aliphatic rings. The van der Waals surface area contributed by atoms with Crippen molar-refractivity contribution >= 4 is 0 Å². The number of nitrogens with zero attached hydrogens (tertiary/aromatic N) is 2. The van der Waals surface area contributed by atoms with Gasteiger partial charge in [-0.3, -0.25) is 4.90 Å². The summed E-state index contributed by atoms with van der Waals surface area (Å²) in [6.07, 6.45) is 0. The Balaban J connectivity index is 2.18. The molecular formula is C7H15N2. The van der Waals surface area contributed by atoms with Gasteiger partial charge in [0.05, 0.1) is 0 Å². The highest BCUT2D eigenvalue weighted by Crippen LogP contribution is 1.97. The second kappa shape index (κ2) is 3.18. The average Bonchev–Trinajstić information content (AvgIpc) is 1.90. The molecule has 0 aliphatic carbocycles. The quantitative estimate of drug-likeness (QED) is 0.503. The van der Waals surface area contributed by atoms with E-state index in [1.807, 2.05) is 0 Å². The van der Waals surface area contributed by atoms with Gasteiger partial charge in [-0.1, -0.05) is 6.92 Å². The van der Waals surface area contributed by atoms with Crippen LogP contribution in [0.5, 0.6) is 0 Å². The fraction of sp³-hybridized carbons (Fsp3) is 0.857. The van der Waals surface area contributed by atoms with E-state index < -0.39 is 0 Å². The normalized spacial score (nSPS) is 24.7. The van der Waals surface area contributed by atoms with Crippen LogP contribution in [0.15, 0.2) is 0 Å². The monoisotopic (exact) mass is 127 g/mol. The summed E-state index contributed by atoms with van der Waals surface area (Å²) < 4.78 is 0. The summed E-state index contributed by atoms with van der Waals surface area (Å²) in [6, 6.07) is 0. The summed E-state index contributed by atoms with van der Waals surface area (Å²) in [5.41, 5.74) is 0.